The Bertz CT molecular complexity index is 636. The van der Waals surface area contributed by atoms with Crippen LogP contribution in [-0.4, -0.2) is 23.4 Å². The monoisotopic (exact) mass is 283 g/mol. The number of benzene rings is 1. The van der Waals surface area contributed by atoms with Crippen molar-refractivity contribution in [3.8, 4) is 16.9 Å². The predicted molar refractivity (Wildman–Crippen MR) is 66.3 cm³/mol. The zero-order valence-electron chi connectivity index (χ0n) is 10.6. The number of hydrogen-bond acceptors (Lipinski definition) is 3. The van der Waals surface area contributed by atoms with E-state index in [0.29, 0.717) is 23.5 Å². The molecule has 0 fully saturated rings. The van der Waals surface area contributed by atoms with Gasteiger partial charge in [-0.05, 0) is 18.7 Å². The van der Waals surface area contributed by atoms with Crippen LogP contribution in [0.4, 0.5) is 13.2 Å². The molecule has 0 spiro atoms. The van der Waals surface area contributed by atoms with Crippen molar-refractivity contribution in [3.63, 3.8) is 0 Å². The van der Waals surface area contributed by atoms with Gasteiger partial charge in [0.15, 0.2) is 0 Å². The van der Waals surface area contributed by atoms with E-state index in [1.807, 2.05) is 13.1 Å². The van der Waals surface area contributed by atoms with Crippen molar-refractivity contribution in [2.24, 2.45) is 0 Å². The number of aromatic nitrogens is 2. The average molecular weight is 283 g/mol. The SMILES string of the molecule is CN[C@@H]1COc2cc(-c3cnn(C(F)(F)F)c3)ccc21. The molecule has 7 heteroatoms. The van der Waals surface area contributed by atoms with E-state index in [0.717, 1.165) is 11.8 Å². The summed E-state index contributed by atoms with van der Waals surface area (Å²) in [5.41, 5.74) is 2.07. The third-order valence-corrected chi connectivity index (χ3v) is 3.32. The molecule has 0 aliphatic carbocycles. The van der Waals surface area contributed by atoms with E-state index in [2.05, 4.69) is 10.4 Å². The molecule has 1 atom stereocenters. The molecule has 1 aliphatic heterocycles. The van der Waals surface area contributed by atoms with Gasteiger partial charge in [0.1, 0.15) is 12.4 Å². The lowest BCUT2D eigenvalue weighted by Gasteiger charge is -2.06. The maximum atomic E-state index is 12.5. The maximum Gasteiger partial charge on any atom is 0.504 e. The molecule has 1 aromatic heterocycles. The van der Waals surface area contributed by atoms with Gasteiger partial charge in [0, 0.05) is 17.3 Å². The van der Waals surface area contributed by atoms with Crippen molar-refractivity contribution < 1.29 is 17.9 Å². The fourth-order valence-electron chi connectivity index (χ4n) is 2.24. The molecule has 3 rings (SSSR count). The van der Waals surface area contributed by atoms with E-state index in [1.54, 1.807) is 12.1 Å². The summed E-state index contributed by atoms with van der Waals surface area (Å²) in [6.45, 7) is 0.525. The molecule has 0 saturated heterocycles. The number of ether oxygens (including phenoxy) is 1. The van der Waals surface area contributed by atoms with Crippen molar-refractivity contribution >= 4 is 0 Å². The molecular formula is C13H12F3N3O. The standard InChI is InChI=1S/C13H12F3N3O/c1-17-11-7-20-12-4-8(2-3-10(11)12)9-5-18-19(6-9)13(14,15)16/h2-6,11,17H,7H2,1H3/t11-/m1/s1. The molecule has 106 valence electrons. The largest absolute Gasteiger partial charge is 0.504 e. The molecule has 2 heterocycles. The zero-order chi connectivity index (χ0) is 14.3. The predicted octanol–water partition coefficient (Wildman–Crippen LogP) is 2.68. The van der Waals surface area contributed by atoms with Crippen LogP contribution >= 0.6 is 0 Å². The van der Waals surface area contributed by atoms with E-state index in [4.69, 9.17) is 4.74 Å². The van der Waals surface area contributed by atoms with Gasteiger partial charge in [-0.1, -0.05) is 12.1 Å². The fourth-order valence-corrected chi connectivity index (χ4v) is 2.24. The molecule has 0 radical (unpaired) electrons. The van der Waals surface area contributed by atoms with Gasteiger partial charge in [-0.15, -0.1) is 13.2 Å². The number of alkyl halides is 3. The Balaban J connectivity index is 1.94. The lowest BCUT2D eigenvalue weighted by Crippen LogP contribution is -2.17. The molecule has 0 bridgehead atoms. The van der Waals surface area contributed by atoms with E-state index >= 15 is 0 Å². The Hall–Kier alpha value is -2.02. The summed E-state index contributed by atoms with van der Waals surface area (Å²) in [6, 6.07) is 5.50. The smallest absolute Gasteiger partial charge is 0.491 e. The summed E-state index contributed by atoms with van der Waals surface area (Å²) in [6.07, 6.45) is -2.34. The highest BCUT2D eigenvalue weighted by Gasteiger charge is 2.31. The summed E-state index contributed by atoms with van der Waals surface area (Å²) in [5, 5.41) is 6.44. The average Bonchev–Trinajstić information content (AvgIpc) is 3.04. The summed E-state index contributed by atoms with van der Waals surface area (Å²) >= 11 is 0. The minimum atomic E-state index is -4.50. The number of rotatable bonds is 2. The number of halogens is 3. The van der Waals surface area contributed by atoms with Crippen LogP contribution in [0.5, 0.6) is 5.75 Å². The first-order valence-corrected chi connectivity index (χ1v) is 6.05. The van der Waals surface area contributed by atoms with Crippen molar-refractivity contribution in [1.82, 2.24) is 15.1 Å². The van der Waals surface area contributed by atoms with Crippen LogP contribution in [0.25, 0.3) is 11.1 Å². The Labute approximate surface area is 113 Å². The van der Waals surface area contributed by atoms with Gasteiger partial charge in [0.25, 0.3) is 0 Å². The highest BCUT2D eigenvalue weighted by molar-refractivity contribution is 5.65. The molecule has 0 saturated carbocycles. The summed E-state index contributed by atoms with van der Waals surface area (Å²) < 4.78 is 43.0. The fraction of sp³-hybridized carbons (Fsp3) is 0.308. The molecule has 1 aliphatic rings. The van der Waals surface area contributed by atoms with E-state index in [1.165, 1.54) is 6.20 Å². The van der Waals surface area contributed by atoms with Gasteiger partial charge in [-0.3, -0.25) is 0 Å². The van der Waals surface area contributed by atoms with Crippen LogP contribution in [0.15, 0.2) is 30.6 Å². The first kappa shape index (κ1) is 13.0. The van der Waals surface area contributed by atoms with Crippen LogP contribution in [-0.2, 0) is 6.30 Å². The quantitative estimate of drug-likeness (QED) is 0.921. The number of nitrogens with one attached hydrogen (secondary N) is 1. The van der Waals surface area contributed by atoms with Gasteiger partial charge in [0.2, 0.25) is 0 Å². The van der Waals surface area contributed by atoms with Crippen LogP contribution in [0.2, 0.25) is 0 Å². The minimum Gasteiger partial charge on any atom is -0.491 e. The van der Waals surface area contributed by atoms with Gasteiger partial charge >= 0.3 is 6.30 Å². The molecule has 1 N–H and O–H groups in total. The third kappa shape index (κ3) is 2.14. The van der Waals surface area contributed by atoms with Crippen LogP contribution in [0.3, 0.4) is 0 Å². The van der Waals surface area contributed by atoms with Gasteiger partial charge < -0.3 is 10.1 Å². The summed E-state index contributed by atoms with van der Waals surface area (Å²) in [5.74, 6) is 0.696. The van der Waals surface area contributed by atoms with Gasteiger partial charge in [0.05, 0.1) is 12.2 Å². The Morgan fingerprint density at radius 3 is 2.80 bits per heavy atom. The van der Waals surface area contributed by atoms with Crippen molar-refractivity contribution in [1.29, 1.82) is 0 Å². The third-order valence-electron chi connectivity index (χ3n) is 3.32. The molecule has 1 aromatic carbocycles. The topological polar surface area (TPSA) is 39.1 Å². The molecular weight excluding hydrogens is 271 g/mol. The molecule has 20 heavy (non-hydrogen) atoms. The van der Waals surface area contributed by atoms with E-state index in [9.17, 15) is 13.2 Å². The van der Waals surface area contributed by atoms with Crippen LogP contribution < -0.4 is 10.1 Å². The number of nitrogens with zero attached hydrogens (tertiary/aromatic N) is 2. The van der Waals surface area contributed by atoms with Gasteiger partial charge in [-0.2, -0.15) is 9.78 Å². The van der Waals surface area contributed by atoms with Crippen molar-refractivity contribution in [2.45, 2.75) is 12.3 Å². The first-order chi connectivity index (χ1) is 9.49. The Kier molecular flexibility index (Phi) is 2.93. The zero-order valence-corrected chi connectivity index (χ0v) is 10.6. The molecule has 4 nitrogen and oxygen atoms in total. The molecule has 2 aromatic rings. The second-order valence-electron chi connectivity index (χ2n) is 4.55. The highest BCUT2D eigenvalue weighted by Crippen LogP contribution is 2.36. The second kappa shape index (κ2) is 4.52. The summed E-state index contributed by atoms with van der Waals surface area (Å²) in [4.78, 5) is 0. The van der Waals surface area contributed by atoms with E-state index < -0.39 is 6.30 Å². The number of likely N-dealkylation sites (N-methyl/N-ethyl adjacent to an activating group) is 1. The number of hydrogen-bond donors (Lipinski definition) is 1. The Morgan fingerprint density at radius 1 is 1.35 bits per heavy atom. The second-order valence-corrected chi connectivity index (χ2v) is 4.55. The number of fused-ring (bicyclic) bond motifs is 1. The van der Waals surface area contributed by atoms with Crippen molar-refractivity contribution in [3.05, 3.63) is 36.2 Å². The maximum absolute atomic E-state index is 12.5. The minimum absolute atomic E-state index is 0.00712. The summed E-state index contributed by atoms with van der Waals surface area (Å²) in [7, 11) is 1.84. The lowest BCUT2D eigenvalue weighted by atomic mass is 10.0. The first-order valence-electron chi connectivity index (χ1n) is 6.05. The highest BCUT2D eigenvalue weighted by atomic mass is 19.4. The van der Waals surface area contributed by atoms with Gasteiger partial charge in [-0.25, -0.2) is 0 Å². The van der Waals surface area contributed by atoms with E-state index in [-0.39, 0.29) is 10.7 Å². The molecule has 0 unspecified atom stereocenters. The Morgan fingerprint density at radius 2 is 2.15 bits per heavy atom. The molecule has 0 amide bonds. The van der Waals surface area contributed by atoms with Crippen LogP contribution in [0, 0.1) is 0 Å². The lowest BCUT2D eigenvalue weighted by molar-refractivity contribution is -0.212. The van der Waals surface area contributed by atoms with Crippen molar-refractivity contribution in [2.75, 3.05) is 13.7 Å². The van der Waals surface area contributed by atoms with Crippen LogP contribution in [0.1, 0.15) is 11.6 Å². The normalized spacial score (nSPS) is 17.9.